The number of hydrogen-bond donors (Lipinski definition) is 0. The Balaban J connectivity index is 0.000000241. The molecular formula is C43H32IrN2-2. The van der Waals surface area contributed by atoms with Gasteiger partial charge in [0.2, 0.25) is 0 Å². The maximum atomic E-state index is 4.85. The van der Waals surface area contributed by atoms with E-state index in [1.807, 2.05) is 48.7 Å². The molecule has 2 aromatic heterocycles. The summed E-state index contributed by atoms with van der Waals surface area (Å²) in [5.74, 6) is 0.384. The Morgan fingerprint density at radius 1 is 0.522 bits per heavy atom. The predicted octanol–water partition coefficient (Wildman–Crippen LogP) is 11.3. The summed E-state index contributed by atoms with van der Waals surface area (Å²) in [6.07, 6.45) is 3.72. The Morgan fingerprint density at radius 3 is 2.02 bits per heavy atom. The Labute approximate surface area is 284 Å². The van der Waals surface area contributed by atoms with Crippen molar-refractivity contribution in [2.75, 3.05) is 0 Å². The molecule has 8 rings (SSSR count). The van der Waals surface area contributed by atoms with Crippen LogP contribution in [0.2, 0.25) is 0 Å². The second-order valence-electron chi connectivity index (χ2n) is 11.5. The molecule has 0 unspecified atom stereocenters. The molecule has 0 spiro atoms. The van der Waals surface area contributed by atoms with Crippen LogP contribution in [0.5, 0.6) is 0 Å². The van der Waals surface area contributed by atoms with Gasteiger partial charge in [-0.05, 0) is 67.3 Å². The summed E-state index contributed by atoms with van der Waals surface area (Å²) in [7, 11) is 0. The van der Waals surface area contributed by atoms with Gasteiger partial charge >= 0.3 is 0 Å². The molecule has 0 aliphatic rings. The van der Waals surface area contributed by atoms with Gasteiger partial charge in [0.05, 0.1) is 0 Å². The summed E-state index contributed by atoms with van der Waals surface area (Å²) in [6, 6.07) is 55.2. The van der Waals surface area contributed by atoms with Gasteiger partial charge in [0, 0.05) is 32.5 Å². The molecule has 8 aromatic rings. The largest absolute Gasteiger partial charge is 0.305 e. The van der Waals surface area contributed by atoms with Gasteiger partial charge in [-0.1, -0.05) is 105 Å². The fourth-order valence-corrected chi connectivity index (χ4v) is 5.87. The third kappa shape index (κ3) is 6.39. The molecule has 0 amide bonds. The van der Waals surface area contributed by atoms with Crippen molar-refractivity contribution < 1.29 is 20.1 Å². The van der Waals surface area contributed by atoms with Crippen molar-refractivity contribution in [3.63, 3.8) is 0 Å². The first kappa shape index (κ1) is 31.0. The zero-order valence-corrected chi connectivity index (χ0v) is 28.1. The van der Waals surface area contributed by atoms with Gasteiger partial charge < -0.3 is 9.97 Å². The summed E-state index contributed by atoms with van der Waals surface area (Å²) >= 11 is 0. The van der Waals surface area contributed by atoms with Crippen LogP contribution >= 0.6 is 0 Å². The van der Waals surface area contributed by atoms with E-state index in [2.05, 4.69) is 128 Å². The molecule has 0 saturated heterocycles. The maximum absolute atomic E-state index is 4.85. The predicted molar refractivity (Wildman–Crippen MR) is 189 cm³/mol. The standard InChI is InChI=1S/C32H24N.C11H8N.Ir/c1-21(2)24-18-25(22-8-4-3-5-9-22)20-26(19-24)32-31-15-14-28-27-11-7-6-10-23(27)12-13-29(28)30(31)16-17-33-32;1-2-6-10(7-3-1)11-8-4-5-9-12-11;/h3-18,20-21H,1-2H3;1-6,8-9H;/q2*-1;. The SMILES string of the molecule is CC(C)c1[c-]c(-c2nccc3c2ccc2c4ccccc4ccc32)cc(-c2ccccc2)c1.[Ir].[c-]1ccccc1-c1ccccn1. The first-order valence-electron chi connectivity index (χ1n) is 15.4. The quantitative estimate of drug-likeness (QED) is 0.132. The molecule has 0 bridgehead atoms. The van der Waals surface area contributed by atoms with Crippen molar-refractivity contribution in [2.24, 2.45) is 0 Å². The molecule has 0 fully saturated rings. The molecule has 0 aliphatic heterocycles. The summed E-state index contributed by atoms with van der Waals surface area (Å²) in [5, 5.41) is 7.49. The van der Waals surface area contributed by atoms with Crippen LogP contribution < -0.4 is 0 Å². The van der Waals surface area contributed by atoms with Crippen molar-refractivity contribution in [2.45, 2.75) is 19.8 Å². The van der Waals surface area contributed by atoms with Crippen LogP contribution in [0.1, 0.15) is 25.3 Å². The fraction of sp³-hybridized carbons (Fsp3) is 0.0698. The topological polar surface area (TPSA) is 25.8 Å². The van der Waals surface area contributed by atoms with E-state index in [1.165, 1.54) is 43.6 Å². The van der Waals surface area contributed by atoms with Crippen molar-refractivity contribution in [1.82, 2.24) is 9.97 Å². The van der Waals surface area contributed by atoms with E-state index >= 15 is 0 Å². The second kappa shape index (κ2) is 14.0. The number of fused-ring (bicyclic) bond motifs is 5. The molecule has 3 heteroatoms. The molecular weight excluding hydrogens is 737 g/mol. The minimum absolute atomic E-state index is 0. The maximum Gasteiger partial charge on any atom is 0.0167 e. The first-order chi connectivity index (χ1) is 22.2. The van der Waals surface area contributed by atoms with Gasteiger partial charge in [-0.3, -0.25) is 0 Å². The van der Waals surface area contributed by atoms with Gasteiger partial charge in [-0.2, -0.15) is 0 Å². The summed E-state index contributed by atoms with van der Waals surface area (Å²) in [4.78, 5) is 9.07. The monoisotopic (exact) mass is 769 g/mol. The van der Waals surface area contributed by atoms with E-state index < -0.39 is 0 Å². The zero-order chi connectivity index (χ0) is 30.6. The number of aromatic nitrogens is 2. The van der Waals surface area contributed by atoms with Crippen molar-refractivity contribution >= 4 is 32.3 Å². The van der Waals surface area contributed by atoms with Gasteiger partial charge in [0.25, 0.3) is 0 Å². The number of rotatable bonds is 4. The molecule has 2 nitrogen and oxygen atoms in total. The van der Waals surface area contributed by atoms with Crippen molar-refractivity contribution in [3.05, 3.63) is 170 Å². The normalized spacial score (nSPS) is 10.8. The zero-order valence-electron chi connectivity index (χ0n) is 25.7. The minimum atomic E-state index is 0. The number of benzene rings is 6. The van der Waals surface area contributed by atoms with Gasteiger partial charge in [-0.15, -0.1) is 70.8 Å². The summed E-state index contributed by atoms with van der Waals surface area (Å²) in [5.41, 5.74) is 7.67. The van der Waals surface area contributed by atoms with Crippen LogP contribution in [0.25, 0.3) is 66.0 Å². The molecule has 6 aromatic carbocycles. The smallest absolute Gasteiger partial charge is 0.0167 e. The van der Waals surface area contributed by atoms with E-state index in [4.69, 9.17) is 4.98 Å². The van der Waals surface area contributed by atoms with E-state index in [1.54, 1.807) is 6.20 Å². The van der Waals surface area contributed by atoms with E-state index in [-0.39, 0.29) is 20.1 Å². The fourth-order valence-electron chi connectivity index (χ4n) is 5.87. The average molecular weight is 769 g/mol. The van der Waals surface area contributed by atoms with Gasteiger partial charge in [0.1, 0.15) is 0 Å². The Hall–Kier alpha value is -4.95. The Bertz CT molecular complexity index is 2190. The van der Waals surface area contributed by atoms with E-state index in [0.29, 0.717) is 5.92 Å². The van der Waals surface area contributed by atoms with Crippen molar-refractivity contribution in [3.8, 4) is 33.6 Å². The molecule has 0 aliphatic carbocycles. The van der Waals surface area contributed by atoms with Crippen LogP contribution in [0.15, 0.2) is 152 Å². The van der Waals surface area contributed by atoms with Crippen LogP contribution in [0, 0.1) is 12.1 Å². The molecule has 2 heterocycles. The van der Waals surface area contributed by atoms with Gasteiger partial charge in [-0.25, -0.2) is 0 Å². The first-order valence-corrected chi connectivity index (χ1v) is 15.4. The molecule has 0 atom stereocenters. The third-order valence-corrected chi connectivity index (χ3v) is 8.19. The van der Waals surface area contributed by atoms with Crippen LogP contribution in [-0.2, 0) is 20.1 Å². The van der Waals surface area contributed by atoms with Crippen molar-refractivity contribution in [1.29, 1.82) is 0 Å². The molecule has 1 radical (unpaired) electrons. The Morgan fingerprint density at radius 2 is 1.24 bits per heavy atom. The van der Waals surface area contributed by atoms with E-state index in [9.17, 15) is 0 Å². The number of pyridine rings is 2. The molecule has 225 valence electrons. The Kier molecular flexibility index (Phi) is 9.45. The minimum Gasteiger partial charge on any atom is -0.305 e. The summed E-state index contributed by atoms with van der Waals surface area (Å²) < 4.78 is 0. The third-order valence-electron chi connectivity index (χ3n) is 8.19. The van der Waals surface area contributed by atoms with Crippen LogP contribution in [0.3, 0.4) is 0 Å². The molecule has 0 N–H and O–H groups in total. The van der Waals surface area contributed by atoms with Crippen LogP contribution in [-0.4, -0.2) is 9.97 Å². The van der Waals surface area contributed by atoms with Gasteiger partial charge in [0.15, 0.2) is 0 Å². The number of hydrogen-bond acceptors (Lipinski definition) is 2. The number of nitrogens with zero attached hydrogens (tertiary/aromatic N) is 2. The molecule has 0 saturated carbocycles. The molecule has 46 heavy (non-hydrogen) atoms. The van der Waals surface area contributed by atoms with E-state index in [0.717, 1.165) is 27.9 Å². The second-order valence-corrected chi connectivity index (χ2v) is 11.5. The average Bonchev–Trinajstić information content (AvgIpc) is 3.12. The summed E-state index contributed by atoms with van der Waals surface area (Å²) in [6.45, 7) is 4.44. The van der Waals surface area contributed by atoms with Crippen LogP contribution in [0.4, 0.5) is 0 Å².